The van der Waals surface area contributed by atoms with Crippen molar-refractivity contribution in [1.29, 1.82) is 0 Å². The molecule has 3 nitrogen and oxygen atoms in total. The molecule has 1 rings (SSSR count). The third-order valence-electron chi connectivity index (χ3n) is 2.23. The van der Waals surface area contributed by atoms with E-state index in [0.717, 1.165) is 6.42 Å². The first-order chi connectivity index (χ1) is 6.65. The molecule has 0 aliphatic rings. The fourth-order valence-electron chi connectivity index (χ4n) is 1.24. The fourth-order valence-corrected chi connectivity index (χ4v) is 1.24. The Morgan fingerprint density at radius 1 is 1.43 bits per heavy atom. The minimum absolute atomic E-state index is 0.0254. The molecule has 0 aliphatic heterocycles. The van der Waals surface area contributed by atoms with Crippen LogP contribution in [-0.4, -0.2) is 11.8 Å². The molecular formula is C11H16N2O. The van der Waals surface area contributed by atoms with Gasteiger partial charge in [0.2, 0.25) is 0 Å². The van der Waals surface area contributed by atoms with Gasteiger partial charge in [-0.2, -0.15) is 0 Å². The summed E-state index contributed by atoms with van der Waals surface area (Å²) in [6, 6.07) is 7.01. The predicted molar refractivity (Wildman–Crippen MR) is 58.1 cm³/mol. The van der Waals surface area contributed by atoms with Gasteiger partial charge in [0.05, 0.1) is 0 Å². The standard InChI is InChI=1S/C11H16N2O/c1-2-8(12)7-11(14)9-5-3-4-6-10(9)13/h3-6,8H,2,7,12-13H2,1H3. The molecule has 1 atom stereocenters. The number of carbonyl (C=O) groups is 1. The van der Waals surface area contributed by atoms with Gasteiger partial charge in [0, 0.05) is 23.7 Å². The lowest BCUT2D eigenvalue weighted by Gasteiger charge is -2.08. The highest BCUT2D eigenvalue weighted by Crippen LogP contribution is 2.13. The summed E-state index contributed by atoms with van der Waals surface area (Å²) < 4.78 is 0. The number of para-hydroxylation sites is 1. The van der Waals surface area contributed by atoms with Crippen LogP contribution in [0.3, 0.4) is 0 Å². The fraction of sp³-hybridized carbons (Fsp3) is 0.364. The van der Waals surface area contributed by atoms with Crippen molar-refractivity contribution in [3.63, 3.8) is 0 Å². The molecule has 3 heteroatoms. The van der Waals surface area contributed by atoms with Crippen molar-refractivity contribution < 1.29 is 4.79 Å². The number of Topliss-reactive ketones (excluding diaryl/α,β-unsaturated/α-hetero) is 1. The Morgan fingerprint density at radius 2 is 2.07 bits per heavy atom. The molecule has 1 aromatic rings. The molecule has 0 aliphatic carbocycles. The number of benzene rings is 1. The molecule has 1 aromatic carbocycles. The van der Waals surface area contributed by atoms with Gasteiger partial charge in [0.1, 0.15) is 0 Å². The smallest absolute Gasteiger partial charge is 0.166 e. The predicted octanol–water partition coefficient (Wildman–Crippen LogP) is 1.58. The number of anilines is 1. The Bertz CT molecular complexity index is 323. The molecule has 76 valence electrons. The monoisotopic (exact) mass is 192 g/mol. The van der Waals surface area contributed by atoms with E-state index in [1.807, 2.05) is 13.0 Å². The maximum absolute atomic E-state index is 11.7. The van der Waals surface area contributed by atoms with Gasteiger partial charge < -0.3 is 11.5 Å². The van der Waals surface area contributed by atoms with Crippen LogP contribution in [0, 0.1) is 0 Å². The Hall–Kier alpha value is -1.35. The maximum Gasteiger partial charge on any atom is 0.166 e. The highest BCUT2D eigenvalue weighted by Gasteiger charge is 2.11. The molecule has 0 fully saturated rings. The van der Waals surface area contributed by atoms with Crippen molar-refractivity contribution in [1.82, 2.24) is 0 Å². The summed E-state index contributed by atoms with van der Waals surface area (Å²) in [4.78, 5) is 11.7. The quantitative estimate of drug-likeness (QED) is 0.562. The molecule has 1 unspecified atom stereocenters. The Labute approximate surface area is 84.1 Å². The van der Waals surface area contributed by atoms with E-state index in [9.17, 15) is 4.79 Å². The van der Waals surface area contributed by atoms with Crippen LogP contribution in [0.4, 0.5) is 5.69 Å². The number of carbonyl (C=O) groups excluding carboxylic acids is 1. The zero-order valence-corrected chi connectivity index (χ0v) is 8.36. The lowest BCUT2D eigenvalue weighted by atomic mass is 10.0. The molecule has 4 N–H and O–H groups in total. The molecule has 0 amide bonds. The van der Waals surface area contributed by atoms with Crippen molar-refractivity contribution in [3.8, 4) is 0 Å². The van der Waals surface area contributed by atoms with Crippen molar-refractivity contribution >= 4 is 11.5 Å². The molecule has 0 spiro atoms. The van der Waals surface area contributed by atoms with Crippen LogP contribution in [-0.2, 0) is 0 Å². The van der Waals surface area contributed by atoms with E-state index < -0.39 is 0 Å². The van der Waals surface area contributed by atoms with Gasteiger partial charge in [0.15, 0.2) is 5.78 Å². The molecule has 0 aromatic heterocycles. The summed E-state index contributed by atoms with van der Waals surface area (Å²) in [6.07, 6.45) is 1.17. The van der Waals surface area contributed by atoms with Crippen LogP contribution < -0.4 is 11.5 Å². The van der Waals surface area contributed by atoms with E-state index in [1.54, 1.807) is 18.2 Å². The van der Waals surface area contributed by atoms with Gasteiger partial charge in [-0.1, -0.05) is 19.1 Å². The van der Waals surface area contributed by atoms with Crippen molar-refractivity contribution in [3.05, 3.63) is 29.8 Å². The maximum atomic E-state index is 11.7. The molecule has 0 heterocycles. The van der Waals surface area contributed by atoms with E-state index in [-0.39, 0.29) is 11.8 Å². The molecule has 0 radical (unpaired) electrons. The van der Waals surface area contributed by atoms with Crippen molar-refractivity contribution in [2.75, 3.05) is 5.73 Å². The first-order valence-electron chi connectivity index (χ1n) is 4.78. The Balaban J connectivity index is 2.75. The second-order valence-corrected chi connectivity index (χ2v) is 3.38. The number of nitrogens with two attached hydrogens (primary N) is 2. The second-order valence-electron chi connectivity index (χ2n) is 3.38. The van der Waals surface area contributed by atoms with E-state index >= 15 is 0 Å². The summed E-state index contributed by atoms with van der Waals surface area (Å²) in [5.74, 6) is 0.0254. The third kappa shape index (κ3) is 2.57. The lowest BCUT2D eigenvalue weighted by molar-refractivity contribution is 0.0975. The van der Waals surface area contributed by atoms with Gasteiger partial charge in [-0.3, -0.25) is 4.79 Å². The number of nitrogen functional groups attached to an aromatic ring is 1. The van der Waals surface area contributed by atoms with Crippen molar-refractivity contribution in [2.45, 2.75) is 25.8 Å². The van der Waals surface area contributed by atoms with E-state index in [4.69, 9.17) is 11.5 Å². The van der Waals surface area contributed by atoms with Gasteiger partial charge in [-0.25, -0.2) is 0 Å². The average Bonchev–Trinajstić information content (AvgIpc) is 2.18. The SMILES string of the molecule is CCC(N)CC(=O)c1ccccc1N. The summed E-state index contributed by atoms with van der Waals surface area (Å²) in [7, 11) is 0. The topological polar surface area (TPSA) is 69.1 Å². The highest BCUT2D eigenvalue weighted by atomic mass is 16.1. The van der Waals surface area contributed by atoms with Crippen LogP contribution in [0.1, 0.15) is 30.1 Å². The average molecular weight is 192 g/mol. The van der Waals surface area contributed by atoms with Crippen LogP contribution in [0.5, 0.6) is 0 Å². The first-order valence-corrected chi connectivity index (χ1v) is 4.78. The number of rotatable bonds is 4. The van der Waals surface area contributed by atoms with E-state index in [1.165, 1.54) is 0 Å². The van der Waals surface area contributed by atoms with Gasteiger partial charge in [-0.05, 0) is 18.6 Å². The zero-order valence-electron chi connectivity index (χ0n) is 8.36. The lowest BCUT2D eigenvalue weighted by Crippen LogP contribution is -2.23. The summed E-state index contributed by atoms with van der Waals surface area (Å²) in [6.45, 7) is 1.96. The molecular weight excluding hydrogens is 176 g/mol. The van der Waals surface area contributed by atoms with E-state index in [0.29, 0.717) is 17.7 Å². The Morgan fingerprint density at radius 3 is 2.64 bits per heavy atom. The Kier molecular flexibility index (Phi) is 3.65. The largest absolute Gasteiger partial charge is 0.398 e. The number of ketones is 1. The van der Waals surface area contributed by atoms with Gasteiger partial charge >= 0.3 is 0 Å². The van der Waals surface area contributed by atoms with Crippen molar-refractivity contribution in [2.24, 2.45) is 5.73 Å². The summed E-state index contributed by atoms with van der Waals surface area (Å²) in [5, 5.41) is 0. The zero-order chi connectivity index (χ0) is 10.6. The van der Waals surface area contributed by atoms with Crippen LogP contribution in [0.2, 0.25) is 0 Å². The number of hydrogen-bond donors (Lipinski definition) is 2. The molecule has 0 bridgehead atoms. The molecule has 0 saturated carbocycles. The first kappa shape index (κ1) is 10.7. The van der Waals surface area contributed by atoms with Crippen LogP contribution in [0.25, 0.3) is 0 Å². The van der Waals surface area contributed by atoms with E-state index in [2.05, 4.69) is 0 Å². The third-order valence-corrected chi connectivity index (χ3v) is 2.23. The van der Waals surface area contributed by atoms with Gasteiger partial charge in [-0.15, -0.1) is 0 Å². The molecule has 0 saturated heterocycles. The summed E-state index contributed by atoms with van der Waals surface area (Å²) >= 11 is 0. The molecule has 14 heavy (non-hydrogen) atoms. The summed E-state index contributed by atoms with van der Waals surface area (Å²) in [5.41, 5.74) is 12.5. The van der Waals surface area contributed by atoms with Crippen LogP contribution in [0.15, 0.2) is 24.3 Å². The highest BCUT2D eigenvalue weighted by molar-refractivity contribution is 6.00. The second kappa shape index (κ2) is 4.77. The minimum atomic E-state index is -0.0675. The minimum Gasteiger partial charge on any atom is -0.398 e. The van der Waals surface area contributed by atoms with Gasteiger partial charge in [0.25, 0.3) is 0 Å². The van der Waals surface area contributed by atoms with Crippen LogP contribution >= 0.6 is 0 Å². The normalized spacial score (nSPS) is 12.4. The number of hydrogen-bond acceptors (Lipinski definition) is 3.